The first-order valence-corrected chi connectivity index (χ1v) is 7.85. The molecule has 0 aliphatic carbocycles. The van der Waals surface area contributed by atoms with Crippen LogP contribution in [0.4, 0.5) is 0 Å². The molecule has 0 unspecified atom stereocenters. The Morgan fingerprint density at radius 2 is 1.67 bits per heavy atom. The van der Waals surface area contributed by atoms with Gasteiger partial charge in [0.1, 0.15) is 0 Å². The van der Waals surface area contributed by atoms with E-state index in [1.54, 1.807) is 0 Å². The van der Waals surface area contributed by atoms with Crippen molar-refractivity contribution in [2.75, 3.05) is 13.2 Å². The SMILES string of the molecule is CCOP(=O)(OCC)/C(=C/c1ccccc1)CC. The van der Waals surface area contributed by atoms with Gasteiger partial charge in [0.05, 0.1) is 13.2 Å². The fourth-order valence-corrected chi connectivity index (χ4v) is 3.44. The summed E-state index contributed by atoms with van der Waals surface area (Å²) in [6.45, 7) is 6.36. The predicted molar refractivity (Wildman–Crippen MR) is 75.6 cm³/mol. The van der Waals surface area contributed by atoms with Gasteiger partial charge in [-0.3, -0.25) is 4.57 Å². The summed E-state index contributed by atoms with van der Waals surface area (Å²) < 4.78 is 23.4. The molecule has 0 N–H and O–H groups in total. The highest BCUT2D eigenvalue weighted by atomic mass is 31.2. The second-order valence-corrected chi connectivity index (χ2v) is 5.82. The van der Waals surface area contributed by atoms with Crippen LogP contribution in [0.25, 0.3) is 6.08 Å². The van der Waals surface area contributed by atoms with Gasteiger partial charge in [-0.05, 0) is 31.9 Å². The van der Waals surface area contributed by atoms with Crippen LogP contribution in [0.2, 0.25) is 0 Å². The average molecular weight is 268 g/mol. The van der Waals surface area contributed by atoms with Crippen LogP contribution in [0.15, 0.2) is 35.6 Å². The molecule has 0 aliphatic heterocycles. The van der Waals surface area contributed by atoms with Crippen molar-refractivity contribution in [3.63, 3.8) is 0 Å². The second-order valence-electron chi connectivity index (χ2n) is 3.73. The number of benzene rings is 1. The van der Waals surface area contributed by atoms with Crippen LogP contribution in [0.5, 0.6) is 0 Å². The molecule has 0 bridgehead atoms. The lowest BCUT2D eigenvalue weighted by Crippen LogP contribution is -1.98. The van der Waals surface area contributed by atoms with Gasteiger partial charge in [-0.2, -0.15) is 0 Å². The van der Waals surface area contributed by atoms with E-state index in [4.69, 9.17) is 9.05 Å². The van der Waals surface area contributed by atoms with Crippen LogP contribution in [-0.4, -0.2) is 13.2 Å². The third-order valence-corrected chi connectivity index (χ3v) is 4.79. The van der Waals surface area contributed by atoms with E-state index in [-0.39, 0.29) is 0 Å². The number of hydrogen-bond acceptors (Lipinski definition) is 3. The summed E-state index contributed by atoms with van der Waals surface area (Å²) in [6, 6.07) is 9.79. The minimum absolute atomic E-state index is 0.378. The quantitative estimate of drug-likeness (QED) is 0.672. The number of rotatable bonds is 7. The second kappa shape index (κ2) is 7.52. The van der Waals surface area contributed by atoms with Gasteiger partial charge in [0.25, 0.3) is 0 Å². The first-order chi connectivity index (χ1) is 8.66. The molecule has 0 spiro atoms. The molecule has 100 valence electrons. The van der Waals surface area contributed by atoms with E-state index in [0.29, 0.717) is 19.6 Å². The number of allylic oxidation sites excluding steroid dienone is 1. The summed E-state index contributed by atoms with van der Waals surface area (Å²) >= 11 is 0. The lowest BCUT2D eigenvalue weighted by Gasteiger charge is -2.19. The number of hydrogen-bond donors (Lipinski definition) is 0. The van der Waals surface area contributed by atoms with Crippen LogP contribution in [0.1, 0.15) is 32.8 Å². The van der Waals surface area contributed by atoms with Crippen LogP contribution < -0.4 is 0 Å². The van der Waals surface area contributed by atoms with Crippen molar-refractivity contribution in [3.8, 4) is 0 Å². The Labute approximate surface area is 109 Å². The van der Waals surface area contributed by atoms with Gasteiger partial charge in [-0.15, -0.1) is 0 Å². The molecule has 0 saturated heterocycles. The standard InChI is InChI=1S/C14H21O3P/c1-4-14(12-13-10-8-7-9-11-13)18(15,16-5-2)17-6-3/h7-12H,4-6H2,1-3H3/b14-12+. The van der Waals surface area contributed by atoms with E-state index >= 15 is 0 Å². The molecule has 0 radical (unpaired) electrons. The Balaban J connectivity index is 3.06. The van der Waals surface area contributed by atoms with Gasteiger partial charge in [-0.25, -0.2) is 0 Å². The fourth-order valence-electron chi connectivity index (χ4n) is 1.66. The molecule has 3 nitrogen and oxygen atoms in total. The summed E-state index contributed by atoms with van der Waals surface area (Å²) in [5.74, 6) is 0. The molecule has 0 aromatic heterocycles. The van der Waals surface area contributed by atoms with Gasteiger partial charge >= 0.3 is 7.60 Å². The maximum atomic E-state index is 12.6. The topological polar surface area (TPSA) is 35.5 Å². The van der Waals surface area contributed by atoms with E-state index in [9.17, 15) is 4.57 Å². The summed E-state index contributed by atoms with van der Waals surface area (Å²) in [7, 11) is -3.13. The Hall–Kier alpha value is -0.890. The molecule has 4 heteroatoms. The van der Waals surface area contributed by atoms with Crippen LogP contribution in [0, 0.1) is 0 Å². The molecule has 0 saturated carbocycles. The van der Waals surface area contributed by atoms with Gasteiger partial charge < -0.3 is 9.05 Å². The highest BCUT2D eigenvalue weighted by Gasteiger charge is 2.27. The van der Waals surface area contributed by atoms with Crippen molar-refractivity contribution in [2.24, 2.45) is 0 Å². The highest BCUT2D eigenvalue weighted by Crippen LogP contribution is 2.57. The van der Waals surface area contributed by atoms with Crippen molar-refractivity contribution in [1.82, 2.24) is 0 Å². The first kappa shape index (κ1) is 15.2. The Kier molecular flexibility index (Phi) is 6.34. The minimum atomic E-state index is -3.13. The molecule has 0 atom stereocenters. The molecular weight excluding hydrogens is 247 g/mol. The molecule has 0 heterocycles. The maximum absolute atomic E-state index is 12.6. The normalized spacial score (nSPS) is 12.7. The van der Waals surface area contributed by atoms with E-state index in [1.165, 1.54) is 0 Å². The molecule has 0 fully saturated rings. The average Bonchev–Trinajstić information content (AvgIpc) is 2.37. The molecule has 0 amide bonds. The predicted octanol–water partition coefficient (Wildman–Crippen LogP) is 4.70. The van der Waals surface area contributed by atoms with E-state index in [2.05, 4.69) is 0 Å². The van der Waals surface area contributed by atoms with E-state index < -0.39 is 7.60 Å². The minimum Gasteiger partial charge on any atom is -0.306 e. The molecule has 1 aromatic carbocycles. The summed E-state index contributed by atoms with van der Waals surface area (Å²) in [4.78, 5) is 0. The Morgan fingerprint density at radius 3 is 2.11 bits per heavy atom. The smallest absolute Gasteiger partial charge is 0.306 e. The van der Waals surface area contributed by atoms with E-state index in [0.717, 1.165) is 10.9 Å². The zero-order valence-corrected chi connectivity index (χ0v) is 12.2. The lowest BCUT2D eigenvalue weighted by molar-refractivity contribution is 0.226. The fraction of sp³-hybridized carbons (Fsp3) is 0.429. The van der Waals surface area contributed by atoms with Gasteiger partial charge in [0.2, 0.25) is 0 Å². The van der Waals surface area contributed by atoms with Crippen molar-refractivity contribution >= 4 is 13.7 Å². The zero-order valence-electron chi connectivity index (χ0n) is 11.3. The highest BCUT2D eigenvalue weighted by molar-refractivity contribution is 7.58. The molecule has 18 heavy (non-hydrogen) atoms. The third kappa shape index (κ3) is 4.09. The molecular formula is C14H21O3P. The Morgan fingerprint density at radius 1 is 1.11 bits per heavy atom. The lowest BCUT2D eigenvalue weighted by atomic mass is 10.2. The molecule has 1 rings (SSSR count). The van der Waals surface area contributed by atoms with Crippen molar-refractivity contribution in [1.29, 1.82) is 0 Å². The van der Waals surface area contributed by atoms with Crippen molar-refractivity contribution < 1.29 is 13.6 Å². The Bertz CT molecular complexity index is 416. The molecule has 0 aliphatic rings. The third-order valence-electron chi connectivity index (χ3n) is 2.44. The summed E-state index contributed by atoms with van der Waals surface area (Å²) in [5.41, 5.74) is 1.01. The van der Waals surface area contributed by atoms with Crippen LogP contribution in [0.3, 0.4) is 0 Å². The van der Waals surface area contributed by atoms with Crippen LogP contribution in [-0.2, 0) is 13.6 Å². The van der Waals surface area contributed by atoms with Crippen molar-refractivity contribution in [2.45, 2.75) is 27.2 Å². The molecule has 1 aromatic rings. The largest absolute Gasteiger partial charge is 0.357 e. The van der Waals surface area contributed by atoms with Crippen molar-refractivity contribution in [3.05, 3.63) is 41.2 Å². The maximum Gasteiger partial charge on any atom is 0.357 e. The van der Waals surface area contributed by atoms with Gasteiger partial charge in [0, 0.05) is 5.31 Å². The van der Waals surface area contributed by atoms with E-state index in [1.807, 2.05) is 57.2 Å². The summed E-state index contributed by atoms with van der Waals surface area (Å²) in [6.07, 6.45) is 2.54. The summed E-state index contributed by atoms with van der Waals surface area (Å²) in [5, 5.41) is 0.720. The van der Waals surface area contributed by atoms with Gasteiger partial charge in [0.15, 0.2) is 0 Å². The first-order valence-electron chi connectivity index (χ1n) is 6.31. The zero-order chi connectivity index (χ0) is 13.4. The van der Waals surface area contributed by atoms with Gasteiger partial charge in [-0.1, -0.05) is 37.3 Å². The van der Waals surface area contributed by atoms with Crippen LogP contribution >= 0.6 is 7.60 Å². The monoisotopic (exact) mass is 268 g/mol.